The lowest BCUT2D eigenvalue weighted by atomic mass is 10.2. The molecule has 3 rings (SSSR count). The molecule has 0 radical (unpaired) electrons. The number of carbonyl (C=O) groups is 1. The number of amides is 1. The fraction of sp³-hybridized carbons (Fsp3) is 0.458. The van der Waals surface area contributed by atoms with E-state index in [0.29, 0.717) is 24.5 Å². The molecule has 0 aromatic heterocycles. The lowest BCUT2D eigenvalue weighted by molar-refractivity contribution is 0.102. The molecule has 1 fully saturated rings. The van der Waals surface area contributed by atoms with E-state index in [2.05, 4.69) is 17.0 Å². The third-order valence-corrected chi connectivity index (χ3v) is 6.77. The maximum absolute atomic E-state index is 12.5. The van der Waals surface area contributed by atoms with Crippen LogP contribution in [0.1, 0.15) is 55.8 Å². The van der Waals surface area contributed by atoms with E-state index in [4.69, 9.17) is 9.47 Å². The van der Waals surface area contributed by atoms with E-state index in [1.807, 2.05) is 0 Å². The predicted octanol–water partition coefficient (Wildman–Crippen LogP) is 4.36. The third-order valence-electron chi connectivity index (χ3n) is 5.33. The van der Waals surface area contributed by atoms with Crippen molar-refractivity contribution in [3.8, 4) is 5.75 Å². The zero-order chi connectivity index (χ0) is 22.8. The maximum atomic E-state index is 12.5. The van der Waals surface area contributed by atoms with Crippen molar-refractivity contribution < 1.29 is 22.7 Å². The van der Waals surface area contributed by atoms with Gasteiger partial charge in [0, 0.05) is 24.4 Å². The molecule has 0 bridgehead atoms. The van der Waals surface area contributed by atoms with E-state index < -0.39 is 10.0 Å². The van der Waals surface area contributed by atoms with Gasteiger partial charge in [-0.2, -0.15) is 0 Å². The van der Waals surface area contributed by atoms with Crippen LogP contribution in [0.3, 0.4) is 0 Å². The molecule has 0 spiro atoms. The fourth-order valence-electron chi connectivity index (χ4n) is 3.43. The zero-order valence-corrected chi connectivity index (χ0v) is 19.3. The van der Waals surface area contributed by atoms with Gasteiger partial charge in [0.25, 0.3) is 5.91 Å². The standard InChI is InChI=1S/C24H32N2O5S/c1-2-3-4-5-16-30-21-12-8-19(9-13-21)24(27)26-20-10-14-23(15-11-20)32(28,29)25-18-22-7-6-17-31-22/h8-15,22,25H,2-7,16-18H2,1H3,(H,26,27). The first kappa shape index (κ1) is 24.2. The average molecular weight is 461 g/mol. The number of benzene rings is 2. The molecule has 1 saturated heterocycles. The first-order valence-corrected chi connectivity index (χ1v) is 12.7. The van der Waals surface area contributed by atoms with Crippen LogP contribution >= 0.6 is 0 Å². The molecular formula is C24H32N2O5S. The minimum atomic E-state index is -3.62. The van der Waals surface area contributed by atoms with E-state index >= 15 is 0 Å². The summed E-state index contributed by atoms with van der Waals surface area (Å²) in [6.07, 6.45) is 6.32. The Balaban J connectivity index is 1.49. The Hall–Kier alpha value is -2.42. The molecule has 0 saturated carbocycles. The number of anilines is 1. The van der Waals surface area contributed by atoms with E-state index in [1.165, 1.54) is 25.0 Å². The van der Waals surface area contributed by atoms with Gasteiger partial charge in [0.1, 0.15) is 5.75 Å². The van der Waals surface area contributed by atoms with Gasteiger partial charge in [-0.3, -0.25) is 4.79 Å². The average Bonchev–Trinajstić information content (AvgIpc) is 3.32. The second kappa shape index (κ2) is 12.0. The molecule has 2 N–H and O–H groups in total. The molecular weight excluding hydrogens is 428 g/mol. The number of nitrogens with one attached hydrogen (secondary N) is 2. The quantitative estimate of drug-likeness (QED) is 0.459. The van der Waals surface area contributed by atoms with Gasteiger partial charge >= 0.3 is 0 Å². The minimum Gasteiger partial charge on any atom is -0.494 e. The monoisotopic (exact) mass is 460 g/mol. The predicted molar refractivity (Wildman–Crippen MR) is 125 cm³/mol. The molecule has 2 aromatic rings. The summed E-state index contributed by atoms with van der Waals surface area (Å²) in [5.74, 6) is 0.467. The summed E-state index contributed by atoms with van der Waals surface area (Å²) < 4.78 is 38.6. The first-order valence-electron chi connectivity index (χ1n) is 11.2. The normalized spacial score (nSPS) is 16.1. The van der Waals surface area contributed by atoms with Gasteiger partial charge in [0.2, 0.25) is 10.0 Å². The van der Waals surface area contributed by atoms with Crippen molar-refractivity contribution in [2.75, 3.05) is 25.1 Å². The molecule has 1 amide bonds. The number of rotatable bonds is 12. The highest BCUT2D eigenvalue weighted by Gasteiger charge is 2.20. The highest BCUT2D eigenvalue weighted by molar-refractivity contribution is 7.89. The van der Waals surface area contributed by atoms with Crippen LogP contribution in [0.4, 0.5) is 5.69 Å². The molecule has 1 heterocycles. The molecule has 1 aliphatic rings. The maximum Gasteiger partial charge on any atom is 0.255 e. The second-order valence-electron chi connectivity index (χ2n) is 7.90. The molecule has 32 heavy (non-hydrogen) atoms. The summed E-state index contributed by atoms with van der Waals surface area (Å²) in [7, 11) is -3.62. The SMILES string of the molecule is CCCCCCOc1ccc(C(=O)Nc2ccc(S(=O)(=O)NCC3CCCO3)cc2)cc1. The molecule has 174 valence electrons. The van der Waals surface area contributed by atoms with Crippen LogP contribution < -0.4 is 14.8 Å². The topological polar surface area (TPSA) is 93.7 Å². The van der Waals surface area contributed by atoms with Crippen molar-refractivity contribution in [2.24, 2.45) is 0 Å². The van der Waals surface area contributed by atoms with E-state index in [-0.39, 0.29) is 23.5 Å². The third kappa shape index (κ3) is 7.32. The number of sulfonamides is 1. The van der Waals surface area contributed by atoms with Crippen LogP contribution in [0.15, 0.2) is 53.4 Å². The Labute approximate surface area is 190 Å². The molecule has 7 nitrogen and oxygen atoms in total. The smallest absolute Gasteiger partial charge is 0.255 e. The van der Waals surface area contributed by atoms with E-state index in [9.17, 15) is 13.2 Å². The van der Waals surface area contributed by atoms with Gasteiger partial charge in [-0.25, -0.2) is 13.1 Å². The van der Waals surface area contributed by atoms with Gasteiger partial charge in [0.15, 0.2) is 0 Å². The Kier molecular flexibility index (Phi) is 9.08. The van der Waals surface area contributed by atoms with Crippen LogP contribution in [0, 0.1) is 0 Å². The molecule has 0 aliphatic carbocycles. The highest BCUT2D eigenvalue weighted by Crippen LogP contribution is 2.18. The van der Waals surface area contributed by atoms with Crippen LogP contribution in [0.25, 0.3) is 0 Å². The van der Waals surface area contributed by atoms with Crippen molar-refractivity contribution in [3.05, 3.63) is 54.1 Å². The molecule has 1 aliphatic heterocycles. The lowest BCUT2D eigenvalue weighted by Gasteiger charge is -2.12. The first-order chi connectivity index (χ1) is 15.5. The van der Waals surface area contributed by atoms with Crippen molar-refractivity contribution in [1.29, 1.82) is 0 Å². The summed E-state index contributed by atoms with van der Waals surface area (Å²) in [4.78, 5) is 12.6. The van der Waals surface area contributed by atoms with E-state index in [1.54, 1.807) is 36.4 Å². The Morgan fingerprint density at radius 3 is 2.47 bits per heavy atom. The van der Waals surface area contributed by atoms with Gasteiger partial charge in [-0.15, -0.1) is 0 Å². The lowest BCUT2D eigenvalue weighted by Crippen LogP contribution is -2.31. The fourth-order valence-corrected chi connectivity index (χ4v) is 4.50. The van der Waals surface area contributed by atoms with Crippen LogP contribution in [-0.2, 0) is 14.8 Å². The summed E-state index contributed by atoms with van der Waals surface area (Å²) in [5, 5.41) is 2.78. The van der Waals surface area contributed by atoms with Crippen LogP contribution in [0.5, 0.6) is 5.75 Å². The van der Waals surface area contributed by atoms with Crippen molar-refractivity contribution in [3.63, 3.8) is 0 Å². The molecule has 1 unspecified atom stereocenters. The van der Waals surface area contributed by atoms with Crippen molar-refractivity contribution in [1.82, 2.24) is 4.72 Å². The molecule has 8 heteroatoms. The summed E-state index contributed by atoms with van der Waals surface area (Å²) in [6.45, 7) is 3.78. The number of carbonyl (C=O) groups excluding carboxylic acids is 1. The van der Waals surface area contributed by atoms with E-state index in [0.717, 1.165) is 31.4 Å². The molecule has 1 atom stereocenters. The highest BCUT2D eigenvalue weighted by atomic mass is 32.2. The van der Waals surface area contributed by atoms with Crippen molar-refractivity contribution in [2.45, 2.75) is 56.4 Å². The Bertz CT molecular complexity index is 953. The van der Waals surface area contributed by atoms with Gasteiger partial charge < -0.3 is 14.8 Å². The van der Waals surface area contributed by atoms with Crippen LogP contribution in [-0.4, -0.2) is 40.2 Å². The van der Waals surface area contributed by atoms with Gasteiger partial charge in [-0.05, 0) is 67.8 Å². The summed E-state index contributed by atoms with van der Waals surface area (Å²) in [6, 6.07) is 13.1. The number of hydrogen-bond acceptors (Lipinski definition) is 5. The second-order valence-corrected chi connectivity index (χ2v) is 9.67. The Morgan fingerprint density at radius 2 is 1.81 bits per heavy atom. The zero-order valence-electron chi connectivity index (χ0n) is 18.5. The van der Waals surface area contributed by atoms with Gasteiger partial charge in [0.05, 0.1) is 17.6 Å². The van der Waals surface area contributed by atoms with Crippen LogP contribution in [0.2, 0.25) is 0 Å². The number of unbranched alkanes of at least 4 members (excludes halogenated alkanes) is 3. The number of hydrogen-bond donors (Lipinski definition) is 2. The minimum absolute atomic E-state index is 0.0683. The largest absolute Gasteiger partial charge is 0.494 e. The summed E-state index contributed by atoms with van der Waals surface area (Å²) in [5.41, 5.74) is 1.02. The molecule has 2 aromatic carbocycles. The Morgan fingerprint density at radius 1 is 1.06 bits per heavy atom. The van der Waals surface area contributed by atoms with Gasteiger partial charge in [-0.1, -0.05) is 26.2 Å². The summed E-state index contributed by atoms with van der Waals surface area (Å²) >= 11 is 0. The van der Waals surface area contributed by atoms with Crippen molar-refractivity contribution >= 4 is 21.6 Å². The number of ether oxygens (including phenoxy) is 2.